The van der Waals surface area contributed by atoms with E-state index in [0.717, 1.165) is 48.2 Å². The molecule has 1 aromatic heterocycles. The van der Waals surface area contributed by atoms with Gasteiger partial charge in [-0.3, -0.25) is 9.59 Å². The van der Waals surface area contributed by atoms with Gasteiger partial charge < -0.3 is 30.9 Å². The van der Waals surface area contributed by atoms with Crippen molar-refractivity contribution < 1.29 is 14.3 Å². The van der Waals surface area contributed by atoms with E-state index in [-0.39, 0.29) is 35.7 Å². The SMILES string of the molecule is CN[C@@H](C)C(N)[C@@H](C(=O)N1CCC[C@H]1C(=O)Nc1cc2c(N3CCCc4ccccc43)ncnc2cc1OC)C(C)(C)C.Cl. The third-order valence-corrected chi connectivity index (χ3v) is 9.01. The molecular formula is C33H46ClN7O3. The first kappa shape index (κ1) is 33.4. The number of hydrogen-bond donors (Lipinski definition) is 3. The molecule has 11 heteroatoms. The molecule has 44 heavy (non-hydrogen) atoms. The Kier molecular flexibility index (Phi) is 10.4. The molecule has 2 aromatic carbocycles. The van der Waals surface area contributed by atoms with Crippen LogP contribution in [0, 0.1) is 11.3 Å². The van der Waals surface area contributed by atoms with Crippen molar-refractivity contribution in [2.45, 2.75) is 71.5 Å². The van der Waals surface area contributed by atoms with Crippen LogP contribution in [0.4, 0.5) is 17.2 Å². The number of amides is 2. The molecular weight excluding hydrogens is 578 g/mol. The Morgan fingerprint density at radius 3 is 2.57 bits per heavy atom. The van der Waals surface area contributed by atoms with Crippen molar-refractivity contribution in [3.63, 3.8) is 0 Å². The summed E-state index contributed by atoms with van der Waals surface area (Å²) in [6.45, 7) is 9.43. The molecule has 3 aromatic rings. The number of nitrogens with one attached hydrogen (secondary N) is 2. The Labute approximate surface area is 266 Å². The van der Waals surface area contributed by atoms with E-state index in [1.165, 1.54) is 5.56 Å². The fraction of sp³-hybridized carbons (Fsp3) is 0.515. The normalized spacial score (nSPS) is 18.7. The van der Waals surface area contributed by atoms with E-state index in [1.807, 2.05) is 52.9 Å². The van der Waals surface area contributed by atoms with Crippen LogP contribution < -0.4 is 26.0 Å². The Morgan fingerprint density at radius 2 is 1.86 bits per heavy atom. The number of para-hydroxylation sites is 1. The van der Waals surface area contributed by atoms with E-state index in [4.69, 9.17) is 10.5 Å². The molecule has 1 unspecified atom stereocenters. The lowest BCUT2D eigenvalue weighted by Gasteiger charge is -2.40. The fourth-order valence-electron chi connectivity index (χ4n) is 6.60. The summed E-state index contributed by atoms with van der Waals surface area (Å²) in [6, 6.07) is 11.0. The molecule has 4 N–H and O–H groups in total. The molecule has 3 heterocycles. The number of rotatable bonds is 8. The fourth-order valence-corrected chi connectivity index (χ4v) is 6.60. The minimum absolute atomic E-state index is 0. The number of anilines is 3. The Balaban J connectivity index is 0.00000442. The van der Waals surface area contributed by atoms with Gasteiger partial charge in [0.1, 0.15) is 23.9 Å². The van der Waals surface area contributed by atoms with Crippen LogP contribution in [0.1, 0.15) is 52.5 Å². The molecule has 238 valence electrons. The second-order valence-electron chi connectivity index (χ2n) is 12.8. The lowest BCUT2D eigenvalue weighted by atomic mass is 9.73. The Hall–Kier alpha value is -3.47. The average molecular weight is 624 g/mol. The van der Waals surface area contributed by atoms with Gasteiger partial charge >= 0.3 is 0 Å². The number of methoxy groups -OCH3 is 1. The summed E-state index contributed by atoms with van der Waals surface area (Å²) in [5, 5.41) is 7.10. The number of nitrogens with zero attached hydrogens (tertiary/aromatic N) is 4. The summed E-state index contributed by atoms with van der Waals surface area (Å²) in [4.78, 5) is 41.0. The molecule has 0 saturated carbocycles. The topological polar surface area (TPSA) is 126 Å². The monoisotopic (exact) mass is 623 g/mol. The summed E-state index contributed by atoms with van der Waals surface area (Å²) in [6.07, 6.45) is 4.94. The first-order chi connectivity index (χ1) is 20.5. The maximum Gasteiger partial charge on any atom is 0.247 e. The smallest absolute Gasteiger partial charge is 0.247 e. The number of aryl methyl sites for hydroxylation is 1. The highest BCUT2D eigenvalue weighted by atomic mass is 35.5. The van der Waals surface area contributed by atoms with Crippen LogP contribution in [0.15, 0.2) is 42.7 Å². The quantitative estimate of drug-likeness (QED) is 0.331. The standard InChI is InChI=1S/C33H45N7O3.ClH/c1-20(35-5)29(34)28(33(2,3)4)32(42)40-16-10-14-26(40)31(41)38-24-17-22-23(18-27(24)43-6)36-19-37-30(22)39-15-9-12-21-11-7-8-13-25(21)39;/h7-8,11,13,17-20,26,28-29,35H,9-10,12,14-16,34H2,1-6H3,(H,38,41);1H/t20-,26-,28-,29?;/m0./s1. The minimum atomic E-state index is -0.602. The molecule has 1 fully saturated rings. The van der Waals surface area contributed by atoms with Crippen molar-refractivity contribution in [3.8, 4) is 5.75 Å². The van der Waals surface area contributed by atoms with Gasteiger partial charge in [0.05, 0.1) is 24.2 Å². The maximum atomic E-state index is 14.0. The van der Waals surface area contributed by atoms with Crippen LogP contribution in [-0.4, -0.2) is 72.1 Å². The van der Waals surface area contributed by atoms with Gasteiger partial charge in [0, 0.05) is 42.3 Å². The number of halogens is 1. The van der Waals surface area contributed by atoms with Crippen molar-refractivity contribution in [3.05, 3.63) is 48.3 Å². The lowest BCUT2D eigenvalue weighted by Crippen LogP contribution is -2.57. The predicted octanol–water partition coefficient (Wildman–Crippen LogP) is 4.67. The zero-order valence-electron chi connectivity index (χ0n) is 26.6. The van der Waals surface area contributed by atoms with Gasteiger partial charge in [-0.05, 0) is 62.8 Å². The first-order valence-corrected chi connectivity index (χ1v) is 15.3. The Morgan fingerprint density at radius 1 is 1.11 bits per heavy atom. The van der Waals surface area contributed by atoms with Gasteiger partial charge in [-0.2, -0.15) is 0 Å². The van der Waals surface area contributed by atoms with Gasteiger partial charge in [-0.15, -0.1) is 12.4 Å². The van der Waals surface area contributed by atoms with Crippen molar-refractivity contribution in [1.82, 2.24) is 20.2 Å². The number of benzene rings is 2. The van der Waals surface area contributed by atoms with E-state index < -0.39 is 18.0 Å². The van der Waals surface area contributed by atoms with Crippen LogP contribution in [-0.2, 0) is 16.0 Å². The van der Waals surface area contributed by atoms with E-state index in [9.17, 15) is 9.59 Å². The molecule has 2 amide bonds. The molecule has 0 aliphatic carbocycles. The summed E-state index contributed by atoms with van der Waals surface area (Å²) in [5.41, 5.74) is 9.91. The molecule has 0 spiro atoms. The number of hydrogen-bond acceptors (Lipinski definition) is 8. The van der Waals surface area contributed by atoms with Crippen molar-refractivity contribution in [2.75, 3.05) is 37.5 Å². The summed E-state index contributed by atoms with van der Waals surface area (Å²) < 4.78 is 5.69. The second-order valence-corrected chi connectivity index (χ2v) is 12.8. The molecule has 0 radical (unpaired) electrons. The van der Waals surface area contributed by atoms with Gasteiger partial charge in [-0.25, -0.2) is 9.97 Å². The number of likely N-dealkylation sites (tertiary alicyclic amines) is 1. The molecule has 2 aliphatic heterocycles. The number of nitrogens with two attached hydrogens (primary N) is 1. The van der Waals surface area contributed by atoms with Crippen LogP contribution in [0.3, 0.4) is 0 Å². The lowest BCUT2D eigenvalue weighted by molar-refractivity contribution is -0.144. The van der Waals surface area contributed by atoms with E-state index in [1.54, 1.807) is 18.3 Å². The average Bonchev–Trinajstić information content (AvgIpc) is 3.49. The molecule has 10 nitrogen and oxygen atoms in total. The largest absolute Gasteiger partial charge is 0.494 e. The number of fused-ring (bicyclic) bond motifs is 2. The maximum absolute atomic E-state index is 14.0. The molecule has 4 atom stereocenters. The third-order valence-electron chi connectivity index (χ3n) is 9.01. The van der Waals surface area contributed by atoms with Crippen LogP contribution in [0.2, 0.25) is 0 Å². The molecule has 0 bridgehead atoms. The summed E-state index contributed by atoms with van der Waals surface area (Å²) in [7, 11) is 3.42. The number of aromatic nitrogens is 2. The number of carbonyl (C=O) groups is 2. The van der Waals surface area contributed by atoms with Crippen molar-refractivity contribution >= 4 is 52.3 Å². The predicted molar refractivity (Wildman–Crippen MR) is 178 cm³/mol. The second kappa shape index (κ2) is 13.7. The van der Waals surface area contributed by atoms with Gasteiger partial charge in [0.2, 0.25) is 11.8 Å². The molecule has 5 rings (SSSR count). The van der Waals surface area contributed by atoms with Crippen LogP contribution in [0.25, 0.3) is 10.9 Å². The van der Waals surface area contributed by atoms with Crippen molar-refractivity contribution in [2.24, 2.45) is 17.1 Å². The highest BCUT2D eigenvalue weighted by Gasteiger charge is 2.44. The number of carbonyl (C=O) groups excluding carboxylic acids is 2. The summed E-state index contributed by atoms with van der Waals surface area (Å²) >= 11 is 0. The van der Waals surface area contributed by atoms with E-state index >= 15 is 0 Å². The zero-order valence-corrected chi connectivity index (χ0v) is 27.4. The first-order valence-electron chi connectivity index (χ1n) is 15.3. The molecule has 2 aliphatic rings. The van der Waals surface area contributed by atoms with Gasteiger partial charge in [0.15, 0.2) is 0 Å². The van der Waals surface area contributed by atoms with E-state index in [0.29, 0.717) is 24.4 Å². The van der Waals surface area contributed by atoms with Crippen LogP contribution >= 0.6 is 12.4 Å². The third kappa shape index (κ3) is 6.48. The van der Waals surface area contributed by atoms with Crippen LogP contribution in [0.5, 0.6) is 5.75 Å². The van der Waals surface area contributed by atoms with Crippen molar-refractivity contribution in [1.29, 1.82) is 0 Å². The van der Waals surface area contributed by atoms with E-state index in [2.05, 4.69) is 43.7 Å². The number of ether oxygens (including phenoxy) is 1. The highest BCUT2D eigenvalue weighted by molar-refractivity contribution is 6.03. The number of likely N-dealkylation sites (N-methyl/N-ethyl adjacent to an activating group) is 1. The summed E-state index contributed by atoms with van der Waals surface area (Å²) in [5.74, 6) is 0.509. The molecule has 1 saturated heterocycles. The minimum Gasteiger partial charge on any atom is -0.494 e. The Bertz CT molecular complexity index is 1490. The van der Waals surface area contributed by atoms with Gasteiger partial charge in [0.25, 0.3) is 0 Å². The van der Waals surface area contributed by atoms with Gasteiger partial charge in [-0.1, -0.05) is 39.0 Å². The zero-order chi connectivity index (χ0) is 30.9. The highest BCUT2D eigenvalue weighted by Crippen LogP contribution is 2.39.